The smallest absolute Gasteiger partial charge is 0.255 e. The summed E-state index contributed by atoms with van der Waals surface area (Å²) in [4.78, 5) is 14.8. The second-order valence-electron chi connectivity index (χ2n) is 6.27. The number of nitrogens with zero attached hydrogens (tertiary/aromatic N) is 2. The van der Waals surface area contributed by atoms with Gasteiger partial charge in [0.05, 0.1) is 23.5 Å². The molecule has 1 atom stereocenters. The summed E-state index contributed by atoms with van der Waals surface area (Å²) < 4.78 is 0. The normalized spacial score (nSPS) is 12.2. The van der Waals surface area contributed by atoms with Gasteiger partial charge in [-0.1, -0.05) is 54.1 Å². The molecule has 1 aromatic heterocycles. The molecule has 26 heavy (non-hydrogen) atoms. The molecule has 3 aromatic rings. The van der Waals surface area contributed by atoms with Crippen molar-refractivity contribution < 1.29 is 4.79 Å². The average Bonchev–Trinajstić information content (AvgIpc) is 3.13. The van der Waals surface area contributed by atoms with Crippen molar-refractivity contribution in [1.29, 1.82) is 0 Å². The number of hydrogen-bond acceptors (Lipinski definition) is 3. The van der Waals surface area contributed by atoms with Crippen LogP contribution in [0.3, 0.4) is 0 Å². The Balaban J connectivity index is 1.74. The number of aromatic nitrogens is 2. The summed E-state index contributed by atoms with van der Waals surface area (Å²) in [5, 5.41) is 10.6. The number of rotatable bonds is 6. The molecule has 0 aliphatic rings. The Labute approximate surface area is 158 Å². The van der Waals surface area contributed by atoms with Crippen LogP contribution in [0.25, 0.3) is 11.3 Å². The minimum absolute atomic E-state index is 0.0889. The number of hydrogen-bond donors (Lipinski definition) is 2. The molecule has 0 radical (unpaired) electrons. The standard InChI is InChI=1S/C20H21ClN4O/c1-25(2)18(14-6-4-3-5-7-14)13-22-20(26)17-12-23-24-19(17)15-8-10-16(21)11-9-15/h3-12,18H,13H2,1-2H3,(H,22,26)(H,23,24). The Bertz CT molecular complexity index is 859. The van der Waals surface area contributed by atoms with Crippen LogP contribution in [0.5, 0.6) is 0 Å². The molecule has 1 amide bonds. The topological polar surface area (TPSA) is 61.0 Å². The molecule has 0 saturated heterocycles. The zero-order valence-electron chi connectivity index (χ0n) is 14.7. The lowest BCUT2D eigenvalue weighted by Crippen LogP contribution is -2.34. The number of likely N-dealkylation sites (N-methyl/N-ethyl adjacent to an activating group) is 1. The summed E-state index contributed by atoms with van der Waals surface area (Å²) in [6, 6.07) is 17.5. The van der Waals surface area contributed by atoms with E-state index in [-0.39, 0.29) is 11.9 Å². The van der Waals surface area contributed by atoms with Gasteiger partial charge in [0.25, 0.3) is 5.91 Å². The van der Waals surface area contributed by atoms with Crippen LogP contribution in [-0.4, -0.2) is 41.6 Å². The summed E-state index contributed by atoms with van der Waals surface area (Å²) in [6.07, 6.45) is 1.55. The van der Waals surface area contributed by atoms with E-state index in [1.807, 2.05) is 44.4 Å². The van der Waals surface area contributed by atoms with E-state index in [0.29, 0.717) is 22.8 Å². The van der Waals surface area contributed by atoms with E-state index in [1.165, 1.54) is 0 Å². The Kier molecular flexibility index (Phi) is 5.71. The fourth-order valence-electron chi connectivity index (χ4n) is 2.85. The van der Waals surface area contributed by atoms with Gasteiger partial charge in [-0.15, -0.1) is 0 Å². The minimum Gasteiger partial charge on any atom is -0.350 e. The number of aromatic amines is 1. The van der Waals surface area contributed by atoms with Gasteiger partial charge >= 0.3 is 0 Å². The molecule has 2 N–H and O–H groups in total. The van der Waals surface area contributed by atoms with Crippen molar-refractivity contribution in [3.05, 3.63) is 76.9 Å². The van der Waals surface area contributed by atoms with E-state index in [9.17, 15) is 4.79 Å². The maximum atomic E-state index is 12.7. The molecule has 0 fully saturated rings. The average molecular weight is 369 g/mol. The molecule has 1 heterocycles. The Morgan fingerprint density at radius 1 is 1.15 bits per heavy atom. The molecule has 2 aromatic carbocycles. The van der Waals surface area contributed by atoms with E-state index >= 15 is 0 Å². The van der Waals surface area contributed by atoms with Crippen molar-refractivity contribution in [2.75, 3.05) is 20.6 Å². The van der Waals surface area contributed by atoms with Crippen molar-refractivity contribution in [3.63, 3.8) is 0 Å². The predicted octanol–water partition coefficient (Wildman–Crippen LogP) is 3.76. The highest BCUT2D eigenvalue weighted by atomic mass is 35.5. The van der Waals surface area contributed by atoms with E-state index in [1.54, 1.807) is 18.3 Å². The first-order chi connectivity index (χ1) is 12.6. The summed E-state index contributed by atoms with van der Waals surface area (Å²) in [7, 11) is 4.00. The quantitative estimate of drug-likeness (QED) is 0.696. The third kappa shape index (κ3) is 4.12. The summed E-state index contributed by atoms with van der Waals surface area (Å²) in [6.45, 7) is 0.501. The van der Waals surface area contributed by atoms with Gasteiger partial charge in [-0.25, -0.2) is 0 Å². The lowest BCUT2D eigenvalue weighted by Gasteiger charge is -2.25. The van der Waals surface area contributed by atoms with E-state index in [2.05, 4.69) is 32.5 Å². The first kappa shape index (κ1) is 18.2. The molecular weight excluding hydrogens is 348 g/mol. The first-order valence-electron chi connectivity index (χ1n) is 8.35. The lowest BCUT2D eigenvalue weighted by atomic mass is 10.1. The summed E-state index contributed by atoms with van der Waals surface area (Å²) >= 11 is 5.94. The highest BCUT2D eigenvalue weighted by molar-refractivity contribution is 6.30. The Morgan fingerprint density at radius 3 is 2.50 bits per heavy atom. The van der Waals surface area contributed by atoms with E-state index in [0.717, 1.165) is 11.1 Å². The van der Waals surface area contributed by atoms with Crippen LogP contribution in [0.4, 0.5) is 0 Å². The van der Waals surface area contributed by atoms with Crippen LogP contribution in [0.1, 0.15) is 22.0 Å². The monoisotopic (exact) mass is 368 g/mol. The van der Waals surface area contributed by atoms with E-state index < -0.39 is 0 Å². The maximum Gasteiger partial charge on any atom is 0.255 e. The third-order valence-corrected chi connectivity index (χ3v) is 4.53. The van der Waals surface area contributed by atoms with E-state index in [4.69, 9.17) is 11.6 Å². The molecule has 0 spiro atoms. The molecule has 6 heteroatoms. The number of carbonyl (C=O) groups is 1. The van der Waals surface area contributed by atoms with Crippen molar-refractivity contribution in [2.45, 2.75) is 6.04 Å². The molecule has 0 saturated carbocycles. The second kappa shape index (κ2) is 8.17. The number of H-pyrrole nitrogens is 1. The molecule has 1 unspecified atom stereocenters. The third-order valence-electron chi connectivity index (χ3n) is 4.28. The fraction of sp³-hybridized carbons (Fsp3) is 0.200. The number of amides is 1. The van der Waals surface area contributed by atoms with Crippen molar-refractivity contribution in [3.8, 4) is 11.3 Å². The molecule has 134 valence electrons. The minimum atomic E-state index is -0.161. The van der Waals surface area contributed by atoms with Crippen molar-refractivity contribution >= 4 is 17.5 Å². The van der Waals surface area contributed by atoms with Crippen LogP contribution >= 0.6 is 11.6 Å². The maximum absolute atomic E-state index is 12.7. The molecule has 3 rings (SSSR count). The first-order valence-corrected chi connectivity index (χ1v) is 8.73. The van der Waals surface area contributed by atoms with Crippen LogP contribution < -0.4 is 5.32 Å². The lowest BCUT2D eigenvalue weighted by molar-refractivity contribution is 0.0942. The van der Waals surface area contributed by atoms with Gasteiger partial charge in [-0.2, -0.15) is 5.10 Å². The van der Waals surface area contributed by atoms with Gasteiger partial charge in [0.2, 0.25) is 0 Å². The van der Waals surface area contributed by atoms with Crippen molar-refractivity contribution in [1.82, 2.24) is 20.4 Å². The predicted molar refractivity (Wildman–Crippen MR) is 104 cm³/mol. The van der Waals surface area contributed by atoms with Gasteiger partial charge in [0, 0.05) is 17.1 Å². The van der Waals surface area contributed by atoms with Gasteiger partial charge in [0.1, 0.15) is 0 Å². The number of benzene rings is 2. The molecule has 0 bridgehead atoms. The van der Waals surface area contributed by atoms with Gasteiger partial charge < -0.3 is 10.2 Å². The van der Waals surface area contributed by atoms with Crippen LogP contribution in [0.15, 0.2) is 60.8 Å². The zero-order valence-corrected chi connectivity index (χ0v) is 15.5. The van der Waals surface area contributed by atoms with Crippen molar-refractivity contribution in [2.24, 2.45) is 0 Å². The largest absolute Gasteiger partial charge is 0.350 e. The van der Waals surface area contributed by atoms with Crippen LogP contribution in [-0.2, 0) is 0 Å². The van der Waals surface area contributed by atoms with Crippen LogP contribution in [0, 0.1) is 0 Å². The van der Waals surface area contributed by atoms with Gasteiger partial charge in [0.15, 0.2) is 0 Å². The Hall–Kier alpha value is -2.63. The number of nitrogens with one attached hydrogen (secondary N) is 2. The fourth-order valence-corrected chi connectivity index (χ4v) is 2.98. The zero-order chi connectivity index (χ0) is 18.5. The number of carbonyl (C=O) groups excluding carboxylic acids is 1. The second-order valence-corrected chi connectivity index (χ2v) is 6.70. The highest BCUT2D eigenvalue weighted by Crippen LogP contribution is 2.23. The summed E-state index contributed by atoms with van der Waals surface area (Å²) in [5.41, 5.74) is 3.21. The number of halogens is 1. The van der Waals surface area contributed by atoms with Gasteiger partial charge in [-0.05, 0) is 31.8 Å². The molecule has 0 aliphatic carbocycles. The van der Waals surface area contributed by atoms with Crippen LogP contribution in [0.2, 0.25) is 5.02 Å². The van der Waals surface area contributed by atoms with Gasteiger partial charge in [-0.3, -0.25) is 9.89 Å². The summed E-state index contributed by atoms with van der Waals surface area (Å²) in [5.74, 6) is -0.161. The highest BCUT2D eigenvalue weighted by Gasteiger charge is 2.19. The molecular formula is C20H21ClN4O. The Morgan fingerprint density at radius 2 is 1.85 bits per heavy atom. The molecule has 5 nitrogen and oxygen atoms in total. The SMILES string of the molecule is CN(C)C(CNC(=O)c1cn[nH]c1-c1ccc(Cl)cc1)c1ccccc1. The molecule has 0 aliphatic heterocycles.